The molecule has 1 saturated heterocycles. The lowest BCUT2D eigenvalue weighted by Gasteiger charge is -2.30. The predicted molar refractivity (Wildman–Crippen MR) is 202 cm³/mol. The fraction of sp³-hybridized carbons (Fsp3) is 0.525. The van der Waals surface area contributed by atoms with Crippen LogP contribution in [0, 0.1) is 11.3 Å². The Bertz CT molecular complexity index is 2350. The van der Waals surface area contributed by atoms with Crippen molar-refractivity contribution in [3.63, 3.8) is 0 Å². The number of fused-ring (bicyclic) bond motifs is 5. The van der Waals surface area contributed by atoms with Crippen LogP contribution < -0.4 is 19.5 Å². The van der Waals surface area contributed by atoms with Gasteiger partial charge in [0.05, 0.1) is 28.3 Å². The first-order chi connectivity index (χ1) is 28.1. The van der Waals surface area contributed by atoms with Crippen LogP contribution in [-0.2, 0) is 29.2 Å². The highest BCUT2D eigenvalue weighted by atomic mass is 32.2. The van der Waals surface area contributed by atoms with Crippen molar-refractivity contribution in [3.8, 4) is 11.6 Å². The minimum Gasteiger partial charge on any atom is -0.472 e. The van der Waals surface area contributed by atoms with E-state index in [1.807, 2.05) is 5.32 Å². The summed E-state index contributed by atoms with van der Waals surface area (Å²) >= 11 is 0. The first-order valence-corrected chi connectivity index (χ1v) is 21.0. The van der Waals surface area contributed by atoms with Crippen molar-refractivity contribution in [2.24, 2.45) is 11.3 Å². The van der Waals surface area contributed by atoms with Crippen molar-refractivity contribution in [2.45, 2.75) is 113 Å². The van der Waals surface area contributed by atoms with E-state index in [0.717, 1.165) is 17.0 Å². The zero-order valence-electron chi connectivity index (χ0n) is 32.1. The van der Waals surface area contributed by atoms with Gasteiger partial charge in [0.1, 0.15) is 17.9 Å². The maximum atomic E-state index is 14.5. The highest BCUT2D eigenvalue weighted by molar-refractivity contribution is 7.91. The van der Waals surface area contributed by atoms with E-state index >= 15 is 0 Å². The van der Waals surface area contributed by atoms with Gasteiger partial charge >= 0.3 is 12.5 Å². The first kappa shape index (κ1) is 43.1. The summed E-state index contributed by atoms with van der Waals surface area (Å²) in [4.78, 5) is 61.0. The lowest BCUT2D eigenvalue weighted by molar-refractivity contribution is -0.274. The summed E-state index contributed by atoms with van der Waals surface area (Å²) in [7, 11) is -4.12. The van der Waals surface area contributed by atoms with Crippen LogP contribution in [0.5, 0.6) is 11.6 Å². The Morgan fingerprint density at radius 2 is 1.73 bits per heavy atom. The van der Waals surface area contributed by atoms with Gasteiger partial charge in [-0.15, -0.1) is 13.2 Å². The van der Waals surface area contributed by atoms with E-state index < -0.39 is 105 Å². The number of hydrogen-bond donors (Lipinski definition) is 3. The normalized spacial score (nSPS) is 27.2. The zero-order chi connectivity index (χ0) is 43.4. The molecule has 0 bridgehead atoms. The van der Waals surface area contributed by atoms with Gasteiger partial charge in [-0.3, -0.25) is 23.9 Å². The third kappa shape index (κ3) is 8.89. The minimum atomic E-state index is -5.36. The number of allylic oxidation sites excluding steroid dienone is 2. The molecule has 60 heavy (non-hydrogen) atoms. The van der Waals surface area contributed by atoms with Gasteiger partial charge < -0.3 is 24.8 Å². The number of alkyl halides is 6. The molecule has 2 saturated carbocycles. The lowest BCUT2D eigenvalue weighted by Crippen LogP contribution is -2.55. The topological polar surface area (TPSA) is 181 Å². The summed E-state index contributed by atoms with van der Waals surface area (Å²) in [6.45, 7) is 1.07. The van der Waals surface area contributed by atoms with E-state index in [2.05, 4.69) is 14.4 Å². The van der Waals surface area contributed by atoms with Gasteiger partial charge in [0, 0.05) is 23.6 Å². The number of ether oxygens (including phenoxy) is 2. The summed E-state index contributed by atoms with van der Waals surface area (Å²) in [5, 5.41) is 12.8. The Kier molecular flexibility index (Phi) is 11.4. The lowest BCUT2D eigenvalue weighted by atomic mass is 9.91. The van der Waals surface area contributed by atoms with Crippen molar-refractivity contribution in [3.05, 3.63) is 54.6 Å². The molecule has 1 aromatic heterocycles. The second-order valence-electron chi connectivity index (χ2n) is 16.2. The van der Waals surface area contributed by atoms with Gasteiger partial charge in [-0.2, -0.15) is 13.2 Å². The van der Waals surface area contributed by atoms with Gasteiger partial charge in [-0.05, 0) is 81.0 Å². The van der Waals surface area contributed by atoms with Crippen molar-refractivity contribution < 1.29 is 68.5 Å². The number of nitrogens with one attached hydrogen (secondary N) is 2. The highest BCUT2D eigenvalue weighted by Gasteiger charge is 2.63. The molecule has 4 aliphatic rings. The number of amides is 3. The molecule has 3 N–H and O–H groups in total. The Hall–Kier alpha value is -4.98. The molecule has 2 aliphatic carbocycles. The van der Waals surface area contributed by atoms with Crippen LogP contribution in [0.1, 0.15) is 71.1 Å². The number of sulfonamides is 1. The molecule has 2 aromatic carbocycles. The predicted octanol–water partition coefficient (Wildman–Crippen LogP) is 5.53. The molecule has 3 aromatic rings. The molecule has 3 amide bonds. The first-order valence-electron chi connectivity index (χ1n) is 19.5. The number of aliphatic hydroxyl groups is 1. The number of pyridine rings is 1. The molecule has 6 atom stereocenters. The van der Waals surface area contributed by atoms with Crippen LogP contribution >= 0.6 is 0 Å². The summed E-state index contributed by atoms with van der Waals surface area (Å²) < 4.78 is 118. The molecule has 13 nitrogen and oxygen atoms in total. The number of carbonyl (C=O) groups is 4. The van der Waals surface area contributed by atoms with Crippen molar-refractivity contribution >= 4 is 55.2 Å². The molecule has 0 spiro atoms. The number of para-hydroxylation sites is 1. The van der Waals surface area contributed by atoms with Gasteiger partial charge in [0.2, 0.25) is 33.8 Å². The van der Waals surface area contributed by atoms with E-state index in [9.17, 15) is 59.0 Å². The van der Waals surface area contributed by atoms with Crippen LogP contribution in [0.3, 0.4) is 0 Å². The Balaban J connectivity index is 1.25. The molecule has 0 radical (unpaired) electrons. The smallest absolute Gasteiger partial charge is 0.472 e. The fourth-order valence-electron chi connectivity index (χ4n) is 8.04. The van der Waals surface area contributed by atoms with Crippen molar-refractivity contribution in [2.75, 3.05) is 6.54 Å². The molecular weight excluding hydrogens is 827 g/mol. The van der Waals surface area contributed by atoms with Crippen LogP contribution in [0.4, 0.5) is 26.3 Å². The molecule has 3 heterocycles. The number of nitrogens with zero attached hydrogens (tertiary/aromatic N) is 2. The number of hydrogen-bond acceptors (Lipinski definition) is 10. The zero-order valence-corrected chi connectivity index (χ0v) is 33.0. The monoisotopic (exact) mass is 868 g/mol. The fourth-order valence-corrected chi connectivity index (χ4v) is 9.37. The average molecular weight is 869 g/mol. The summed E-state index contributed by atoms with van der Waals surface area (Å²) in [5.41, 5.74) is -1.14. The average Bonchev–Trinajstić information content (AvgIpc) is 4.05. The van der Waals surface area contributed by atoms with E-state index in [1.54, 1.807) is 36.4 Å². The number of aromatic nitrogens is 1. The Labute approximate surface area is 339 Å². The summed E-state index contributed by atoms with van der Waals surface area (Å²) in [6, 6.07) is 7.17. The number of Topliss-reactive ketones (excluding diaryl/α,β-unsaturated/α-hetero) is 1. The Morgan fingerprint density at radius 3 is 2.43 bits per heavy atom. The van der Waals surface area contributed by atoms with E-state index in [-0.39, 0.29) is 36.9 Å². The number of aliphatic hydroxyl groups excluding tert-OH is 1. The van der Waals surface area contributed by atoms with Crippen molar-refractivity contribution in [1.29, 1.82) is 0 Å². The van der Waals surface area contributed by atoms with Gasteiger partial charge in [0.15, 0.2) is 5.78 Å². The van der Waals surface area contributed by atoms with Crippen molar-refractivity contribution in [1.82, 2.24) is 19.9 Å². The van der Waals surface area contributed by atoms with Crippen LogP contribution in [0.15, 0.2) is 54.6 Å². The van der Waals surface area contributed by atoms with E-state index in [4.69, 9.17) is 4.74 Å². The third-order valence-corrected chi connectivity index (χ3v) is 14.0. The third-order valence-electron chi connectivity index (χ3n) is 11.9. The second kappa shape index (κ2) is 15.8. The number of carbonyl (C=O) groups excluding carboxylic acids is 4. The number of benzene rings is 2. The number of rotatable bonds is 8. The molecule has 3 fully saturated rings. The highest BCUT2D eigenvalue weighted by Crippen LogP contribution is 2.57. The van der Waals surface area contributed by atoms with E-state index in [1.165, 1.54) is 13.0 Å². The SMILES string of the molecule is CC1(S(=O)(=O)NC(=O)[C@]23CC(=O)[C@@H]4C[C@@H](Oc5nc6ccccc6c6ccc(OC(F)(F)F)cc56)CN4C(=O)[C@@H](NC(=O)[C@H](O)C(F)(F)F)CCCCC/C=C\[C@@H]2C3)CC1. The maximum absolute atomic E-state index is 14.5. The molecule has 324 valence electrons. The Morgan fingerprint density at radius 1 is 1.00 bits per heavy atom. The summed E-state index contributed by atoms with van der Waals surface area (Å²) in [5.74, 6) is -5.78. The van der Waals surface area contributed by atoms with E-state index in [0.29, 0.717) is 48.4 Å². The molecule has 20 heteroatoms. The molecule has 7 rings (SSSR count). The molecule has 2 aliphatic heterocycles. The minimum absolute atomic E-state index is 0.0811. The van der Waals surface area contributed by atoms with Crippen LogP contribution in [0.2, 0.25) is 0 Å². The largest absolute Gasteiger partial charge is 0.573 e. The molecular formula is C40H42F6N4O9S. The number of halogens is 6. The quantitative estimate of drug-likeness (QED) is 0.148. The summed E-state index contributed by atoms with van der Waals surface area (Å²) in [6.07, 6.45) is -9.95. The van der Waals surface area contributed by atoms with Gasteiger partial charge in [0.25, 0.3) is 5.91 Å². The van der Waals surface area contributed by atoms with Crippen LogP contribution in [-0.4, -0.2) is 95.0 Å². The van der Waals surface area contributed by atoms with Gasteiger partial charge in [-0.1, -0.05) is 43.2 Å². The maximum Gasteiger partial charge on any atom is 0.573 e. The molecule has 0 unspecified atom stereocenters. The second-order valence-corrected chi connectivity index (χ2v) is 18.4. The van der Waals surface area contributed by atoms with Gasteiger partial charge in [-0.25, -0.2) is 13.4 Å². The standard InChI is InChI=1S/C40H42F6N4O9S/c1-37(15-16-37)60(56,57)49-36(55)38-19-22(38)9-5-3-2-4-6-12-29(47-33(53)32(52)39(41,42)43)35(54)50-21-24(18-30(50)31(51)20-38)58-34-27-17-23(59-40(44,45)46)13-14-25(27)26-10-7-8-11-28(26)48-34/h5,7-11,13-14,17,22,24,29-30,32,52H,2-4,6,12,15-16,18-21H2,1H3,(H,47,53)(H,49,55)/b9-5-/t22-,24-,29+,30+,32+,38-/m1/s1. The number of ketones is 1. The van der Waals surface area contributed by atoms with Crippen LogP contribution in [0.25, 0.3) is 21.7 Å².